The minimum atomic E-state index is 0.421. The quantitative estimate of drug-likeness (QED) is 0.618. The Kier molecular flexibility index (Phi) is 6.45. The minimum absolute atomic E-state index is 0.421. The van der Waals surface area contributed by atoms with Crippen LogP contribution in [-0.4, -0.2) is 47.6 Å². The second-order valence-electron chi connectivity index (χ2n) is 9.54. The van der Waals surface area contributed by atoms with Gasteiger partial charge >= 0.3 is 0 Å². The Morgan fingerprint density at radius 1 is 1.00 bits per heavy atom. The molecule has 1 unspecified atom stereocenters. The number of rotatable bonds is 7. The van der Waals surface area contributed by atoms with E-state index >= 15 is 0 Å². The first-order chi connectivity index (χ1) is 14.5. The first-order valence-corrected chi connectivity index (χ1v) is 11.6. The lowest BCUT2D eigenvalue weighted by atomic mass is 9.90. The number of ether oxygens (including phenoxy) is 1. The van der Waals surface area contributed by atoms with Crippen LogP contribution in [0.2, 0.25) is 0 Å². The third-order valence-electron chi connectivity index (χ3n) is 6.69. The van der Waals surface area contributed by atoms with E-state index in [1.54, 1.807) is 7.11 Å². The number of hydrogen-bond acceptors (Lipinski definition) is 4. The first-order valence-electron chi connectivity index (χ1n) is 11.6. The molecule has 4 heteroatoms. The summed E-state index contributed by atoms with van der Waals surface area (Å²) < 4.78 is 5.62. The molecular weight excluding hydrogens is 370 g/mol. The van der Waals surface area contributed by atoms with Crippen molar-refractivity contribution in [1.82, 2.24) is 14.8 Å². The summed E-state index contributed by atoms with van der Waals surface area (Å²) in [5.74, 6) is 2.03. The van der Waals surface area contributed by atoms with Crippen LogP contribution in [0.4, 0.5) is 0 Å². The van der Waals surface area contributed by atoms with Gasteiger partial charge in [-0.3, -0.25) is 9.80 Å². The lowest BCUT2D eigenvalue weighted by Crippen LogP contribution is -2.50. The highest BCUT2D eigenvalue weighted by Gasteiger charge is 2.32. The van der Waals surface area contributed by atoms with Crippen molar-refractivity contribution in [1.29, 1.82) is 0 Å². The number of nitrogens with zero attached hydrogens (tertiary/aromatic N) is 3. The van der Waals surface area contributed by atoms with Gasteiger partial charge in [-0.05, 0) is 55.7 Å². The number of piperazine rings is 1. The Balaban J connectivity index is 1.55. The molecule has 0 bridgehead atoms. The zero-order chi connectivity index (χ0) is 21.3. The van der Waals surface area contributed by atoms with E-state index in [1.165, 1.54) is 29.5 Å². The molecule has 2 fully saturated rings. The van der Waals surface area contributed by atoms with Gasteiger partial charge in [0.2, 0.25) is 5.88 Å². The van der Waals surface area contributed by atoms with Crippen LogP contribution in [0, 0.1) is 0 Å². The van der Waals surface area contributed by atoms with Gasteiger partial charge in [0.05, 0.1) is 12.8 Å². The molecule has 1 aliphatic heterocycles. The summed E-state index contributed by atoms with van der Waals surface area (Å²) in [7, 11) is 1.75. The number of benzene rings is 1. The molecular formula is C26H37N3O. The molecule has 1 saturated heterocycles. The zero-order valence-corrected chi connectivity index (χ0v) is 19.3. The van der Waals surface area contributed by atoms with Crippen molar-refractivity contribution >= 4 is 0 Å². The van der Waals surface area contributed by atoms with Crippen LogP contribution in [0.15, 0.2) is 36.4 Å². The lowest BCUT2D eigenvalue weighted by molar-refractivity contribution is 0.0456. The maximum Gasteiger partial charge on any atom is 0.216 e. The fourth-order valence-corrected chi connectivity index (χ4v) is 4.91. The molecule has 4 rings (SSSR count). The average Bonchev–Trinajstić information content (AvgIpc) is 3.58. The second-order valence-corrected chi connectivity index (χ2v) is 9.54. The van der Waals surface area contributed by atoms with Gasteiger partial charge in [-0.1, -0.05) is 44.2 Å². The number of methoxy groups -OCH3 is 1. The normalized spacial score (nSPS) is 20.8. The minimum Gasteiger partial charge on any atom is -0.481 e. The second kappa shape index (κ2) is 9.07. The maximum atomic E-state index is 5.62. The highest BCUT2D eigenvalue weighted by atomic mass is 16.5. The summed E-state index contributed by atoms with van der Waals surface area (Å²) in [6, 6.07) is 14.4. The van der Waals surface area contributed by atoms with Crippen molar-refractivity contribution in [3.8, 4) is 5.88 Å². The Labute approximate surface area is 182 Å². The third kappa shape index (κ3) is 4.55. The van der Waals surface area contributed by atoms with Gasteiger partial charge in [-0.2, -0.15) is 0 Å². The molecule has 4 nitrogen and oxygen atoms in total. The van der Waals surface area contributed by atoms with Crippen molar-refractivity contribution in [2.75, 3.05) is 26.7 Å². The predicted octanol–water partition coefficient (Wildman–Crippen LogP) is 5.36. The Hall–Kier alpha value is -1.91. The van der Waals surface area contributed by atoms with Gasteiger partial charge < -0.3 is 4.74 Å². The van der Waals surface area contributed by atoms with Crippen LogP contribution in [0.25, 0.3) is 0 Å². The fraction of sp³-hybridized carbons (Fsp3) is 0.577. The van der Waals surface area contributed by atoms with Crippen LogP contribution in [0.1, 0.15) is 80.8 Å². The van der Waals surface area contributed by atoms with Gasteiger partial charge in [-0.25, -0.2) is 4.98 Å². The molecule has 2 aliphatic rings. The van der Waals surface area contributed by atoms with Gasteiger partial charge in [0.15, 0.2) is 0 Å². The van der Waals surface area contributed by atoms with Crippen LogP contribution < -0.4 is 4.74 Å². The standard InChI is InChI=1S/C26H37N3O/c1-18(2)22-8-6-7-9-24(22)25-17-28(14-15-29(25)19(3)4)16-21-12-13-23(20-10-11-20)26(27-21)30-5/h6-9,12-13,18-20,25H,10-11,14-17H2,1-5H3. The molecule has 1 aromatic carbocycles. The number of hydrogen-bond donors (Lipinski definition) is 0. The molecule has 30 heavy (non-hydrogen) atoms. The topological polar surface area (TPSA) is 28.6 Å². The Bertz CT molecular complexity index is 859. The SMILES string of the molecule is COc1nc(CN2CCN(C(C)C)C(c3ccccc3C(C)C)C2)ccc1C1CC1. The smallest absolute Gasteiger partial charge is 0.216 e. The van der Waals surface area contributed by atoms with Crippen molar-refractivity contribution < 1.29 is 4.74 Å². The monoisotopic (exact) mass is 407 g/mol. The van der Waals surface area contributed by atoms with E-state index in [4.69, 9.17) is 9.72 Å². The molecule has 1 atom stereocenters. The van der Waals surface area contributed by atoms with Crippen LogP contribution in [-0.2, 0) is 6.54 Å². The average molecular weight is 408 g/mol. The molecule has 0 radical (unpaired) electrons. The summed E-state index contributed by atoms with van der Waals surface area (Å²) in [6.07, 6.45) is 2.54. The van der Waals surface area contributed by atoms with E-state index in [1.807, 2.05) is 0 Å². The van der Waals surface area contributed by atoms with Gasteiger partial charge in [0.1, 0.15) is 0 Å². The predicted molar refractivity (Wildman–Crippen MR) is 123 cm³/mol. The van der Waals surface area contributed by atoms with Crippen LogP contribution >= 0.6 is 0 Å². The summed E-state index contributed by atoms with van der Waals surface area (Å²) >= 11 is 0. The molecule has 1 saturated carbocycles. The van der Waals surface area contributed by atoms with Crippen molar-refractivity contribution in [2.24, 2.45) is 0 Å². The molecule has 162 valence electrons. The zero-order valence-electron chi connectivity index (χ0n) is 19.3. The van der Waals surface area contributed by atoms with E-state index in [0.29, 0.717) is 23.9 Å². The maximum absolute atomic E-state index is 5.62. The van der Waals surface area contributed by atoms with Gasteiger partial charge in [-0.15, -0.1) is 0 Å². The van der Waals surface area contributed by atoms with E-state index < -0.39 is 0 Å². The molecule has 0 amide bonds. The number of pyridine rings is 1. The summed E-state index contributed by atoms with van der Waals surface area (Å²) in [4.78, 5) is 10.1. The molecule has 2 aromatic rings. The highest BCUT2D eigenvalue weighted by Crippen LogP contribution is 2.43. The van der Waals surface area contributed by atoms with Crippen molar-refractivity contribution in [3.63, 3.8) is 0 Å². The Morgan fingerprint density at radius 3 is 2.43 bits per heavy atom. The van der Waals surface area contributed by atoms with Crippen LogP contribution in [0.5, 0.6) is 5.88 Å². The van der Waals surface area contributed by atoms with Gasteiger partial charge in [0, 0.05) is 43.8 Å². The number of aromatic nitrogens is 1. The molecule has 2 heterocycles. The summed E-state index contributed by atoms with van der Waals surface area (Å²) in [5.41, 5.74) is 5.36. The van der Waals surface area contributed by atoms with E-state index in [0.717, 1.165) is 37.8 Å². The molecule has 0 N–H and O–H groups in total. The Morgan fingerprint density at radius 2 is 1.77 bits per heavy atom. The van der Waals surface area contributed by atoms with Crippen molar-refractivity contribution in [3.05, 3.63) is 58.8 Å². The largest absolute Gasteiger partial charge is 0.481 e. The summed E-state index contributed by atoms with van der Waals surface area (Å²) in [6.45, 7) is 13.3. The van der Waals surface area contributed by atoms with E-state index in [-0.39, 0.29) is 0 Å². The lowest BCUT2D eigenvalue weighted by Gasteiger charge is -2.44. The molecule has 1 aliphatic carbocycles. The third-order valence-corrected chi connectivity index (χ3v) is 6.69. The van der Waals surface area contributed by atoms with Crippen molar-refractivity contribution in [2.45, 2.75) is 71.0 Å². The molecule has 1 aromatic heterocycles. The highest BCUT2D eigenvalue weighted by molar-refractivity contribution is 5.35. The van der Waals surface area contributed by atoms with Gasteiger partial charge in [0.25, 0.3) is 0 Å². The van der Waals surface area contributed by atoms with Crippen LogP contribution in [0.3, 0.4) is 0 Å². The molecule has 0 spiro atoms. The fourth-order valence-electron chi connectivity index (χ4n) is 4.91. The first kappa shape index (κ1) is 21.3. The van der Waals surface area contributed by atoms with E-state index in [9.17, 15) is 0 Å². The van der Waals surface area contributed by atoms with E-state index in [2.05, 4.69) is 73.9 Å². The summed E-state index contributed by atoms with van der Waals surface area (Å²) in [5, 5.41) is 0.